The Labute approximate surface area is 350 Å². The van der Waals surface area contributed by atoms with Gasteiger partial charge in [0.1, 0.15) is 11.5 Å². The lowest BCUT2D eigenvalue weighted by Crippen LogP contribution is -2.72. The van der Waals surface area contributed by atoms with Gasteiger partial charge in [-0.15, -0.1) is 0 Å². The Balaban J connectivity index is 1.41. The second-order valence-corrected chi connectivity index (χ2v) is 17.3. The van der Waals surface area contributed by atoms with Gasteiger partial charge in [0.05, 0.1) is 44.2 Å². The van der Waals surface area contributed by atoms with Crippen LogP contribution < -0.4 is 10.6 Å². The van der Waals surface area contributed by atoms with Gasteiger partial charge in [-0.2, -0.15) is 0 Å². The number of likely N-dealkylation sites (tertiary alicyclic amines) is 1. The first-order valence-corrected chi connectivity index (χ1v) is 20.3. The average Bonchev–Trinajstić information content (AvgIpc) is 3.66. The molecule has 2 unspecified atom stereocenters. The molecule has 1 aliphatic carbocycles. The van der Waals surface area contributed by atoms with E-state index in [0.29, 0.717) is 35.2 Å². The number of rotatable bonds is 10. The first-order valence-electron chi connectivity index (χ1n) is 19.6. The molecule has 3 aliphatic heterocycles. The Hall–Kier alpha value is -4.53. The number of nitrogens with one attached hydrogen (secondary N) is 2. The van der Waals surface area contributed by atoms with Gasteiger partial charge in [0.25, 0.3) is 5.91 Å². The Morgan fingerprint density at radius 3 is 2.27 bits per heavy atom. The van der Waals surface area contributed by atoms with Crippen molar-refractivity contribution in [3.63, 3.8) is 0 Å². The predicted octanol–water partition coefficient (Wildman–Crippen LogP) is 6.87. The van der Waals surface area contributed by atoms with Crippen LogP contribution in [0.25, 0.3) is 0 Å². The minimum absolute atomic E-state index is 0.0253. The number of carbonyl (C=O) groups is 3. The first kappa shape index (κ1) is 41.2. The molecule has 3 aromatic carbocycles. The van der Waals surface area contributed by atoms with Crippen molar-refractivity contribution >= 4 is 46.6 Å². The lowest BCUT2D eigenvalue weighted by molar-refractivity contribution is -0.166. The molecule has 0 radical (unpaired) electrons. The standard InChI is InChI=1S/C44H44Cl2F3N5O5/c1-53(2)40(57)32-16-14-28(20-59-32)51-39(56)36-33(29-17-18-50-38(46)34(29)49)44(30-15-13-27(45)19-31(30)52-41(44)58)43(21-42(22-43,23-47)24-48)54(36)35(25-9-5-3-6-10-25)37(55)26-11-7-4-8-12-26/h3-13,15,17-19,28,32-33,35-37,55H,14,16,20-24H2,1-2H3,(H,51,56)(H,52,58)/t28?,32-,33-,35+,36+,37-,44?/m0/s1. The van der Waals surface area contributed by atoms with E-state index in [1.165, 1.54) is 17.2 Å². The molecule has 4 aromatic rings. The van der Waals surface area contributed by atoms with E-state index in [1.54, 1.807) is 97.9 Å². The molecule has 8 rings (SSSR count). The maximum atomic E-state index is 16.9. The third-order valence-corrected chi connectivity index (χ3v) is 13.4. The molecule has 310 valence electrons. The number of anilines is 1. The third-order valence-electron chi connectivity index (χ3n) is 12.9. The first-order chi connectivity index (χ1) is 28.3. The number of likely N-dealkylation sites (N-methyl/N-ethyl adjacent to an activating group) is 1. The van der Waals surface area contributed by atoms with Crippen LogP contribution in [0.4, 0.5) is 18.9 Å². The fourth-order valence-corrected chi connectivity index (χ4v) is 10.9. The van der Waals surface area contributed by atoms with Crippen LogP contribution in [0.15, 0.2) is 91.1 Å². The van der Waals surface area contributed by atoms with Crippen molar-refractivity contribution in [3.05, 3.63) is 129 Å². The second kappa shape index (κ2) is 15.8. The van der Waals surface area contributed by atoms with Gasteiger partial charge in [-0.05, 0) is 66.1 Å². The van der Waals surface area contributed by atoms with Gasteiger partial charge in [-0.3, -0.25) is 28.1 Å². The Morgan fingerprint density at radius 1 is 1.00 bits per heavy atom. The van der Waals surface area contributed by atoms with Crippen molar-refractivity contribution in [2.24, 2.45) is 5.41 Å². The predicted molar refractivity (Wildman–Crippen MR) is 216 cm³/mol. The summed E-state index contributed by atoms with van der Waals surface area (Å²) >= 11 is 12.9. The highest BCUT2D eigenvalue weighted by Gasteiger charge is 2.82. The maximum Gasteiger partial charge on any atom is 0.251 e. The summed E-state index contributed by atoms with van der Waals surface area (Å²) in [5.41, 5.74) is -3.63. The monoisotopic (exact) mass is 849 g/mol. The van der Waals surface area contributed by atoms with E-state index in [1.807, 2.05) is 0 Å². The molecule has 3 amide bonds. The van der Waals surface area contributed by atoms with Crippen molar-refractivity contribution in [2.75, 3.05) is 39.4 Å². The van der Waals surface area contributed by atoms with Gasteiger partial charge in [0.15, 0.2) is 11.0 Å². The number of pyridine rings is 1. The number of hydrogen-bond donors (Lipinski definition) is 3. The van der Waals surface area contributed by atoms with Gasteiger partial charge in [0, 0.05) is 47.9 Å². The Kier molecular flexibility index (Phi) is 11.0. The van der Waals surface area contributed by atoms with Gasteiger partial charge in [-0.25, -0.2) is 9.37 Å². The number of halogens is 5. The molecule has 15 heteroatoms. The van der Waals surface area contributed by atoms with Crippen molar-refractivity contribution in [2.45, 2.75) is 72.9 Å². The molecule has 2 saturated heterocycles. The number of fused-ring (bicyclic) bond motifs is 3. The van der Waals surface area contributed by atoms with E-state index >= 15 is 22.8 Å². The van der Waals surface area contributed by atoms with E-state index < -0.39 is 88.8 Å². The maximum absolute atomic E-state index is 16.9. The van der Waals surface area contributed by atoms with Crippen LogP contribution in [0.2, 0.25) is 10.2 Å². The number of aliphatic hydroxyl groups excluding tert-OH is 1. The van der Waals surface area contributed by atoms with Crippen molar-refractivity contribution in [3.8, 4) is 0 Å². The van der Waals surface area contributed by atoms with E-state index in [9.17, 15) is 9.90 Å². The molecule has 0 bridgehead atoms. The summed E-state index contributed by atoms with van der Waals surface area (Å²) in [4.78, 5) is 50.9. The average molecular weight is 851 g/mol. The molecule has 1 aromatic heterocycles. The zero-order valence-corrected chi connectivity index (χ0v) is 33.9. The highest BCUT2D eigenvalue weighted by Crippen LogP contribution is 2.74. The molecular formula is C44H44Cl2F3N5O5. The van der Waals surface area contributed by atoms with E-state index in [2.05, 4.69) is 15.6 Å². The summed E-state index contributed by atoms with van der Waals surface area (Å²) in [7, 11) is 3.26. The quantitative estimate of drug-likeness (QED) is 0.149. The molecular weight excluding hydrogens is 806 g/mol. The van der Waals surface area contributed by atoms with E-state index in [-0.39, 0.29) is 35.9 Å². The number of hydrogen-bond acceptors (Lipinski definition) is 7. The molecule has 59 heavy (non-hydrogen) atoms. The minimum Gasteiger partial charge on any atom is -0.386 e. The van der Waals surface area contributed by atoms with Crippen LogP contribution in [0.3, 0.4) is 0 Å². The number of benzene rings is 3. The number of alkyl halides is 2. The van der Waals surface area contributed by atoms with Gasteiger partial charge < -0.3 is 25.4 Å². The third kappa shape index (κ3) is 6.51. The highest BCUT2D eigenvalue weighted by atomic mass is 35.5. The largest absolute Gasteiger partial charge is 0.386 e. The number of amides is 3. The van der Waals surface area contributed by atoms with Crippen LogP contribution in [0.5, 0.6) is 0 Å². The summed E-state index contributed by atoms with van der Waals surface area (Å²) in [6.45, 7) is -2.18. The minimum atomic E-state index is -1.93. The van der Waals surface area contributed by atoms with Crippen molar-refractivity contribution < 1.29 is 37.4 Å². The molecule has 2 spiro atoms. The fourth-order valence-electron chi connectivity index (χ4n) is 10.5. The van der Waals surface area contributed by atoms with Crippen LogP contribution in [0, 0.1) is 11.2 Å². The summed E-state index contributed by atoms with van der Waals surface area (Å²) in [6, 6.07) is 20.5. The fraction of sp³-hybridized carbons (Fsp3) is 0.409. The summed E-state index contributed by atoms with van der Waals surface area (Å²) in [6.07, 6.45) is -0.734. The second-order valence-electron chi connectivity index (χ2n) is 16.5. The summed E-state index contributed by atoms with van der Waals surface area (Å²) in [5, 5.41) is 18.6. The number of nitrogens with zero attached hydrogens (tertiary/aromatic N) is 3. The molecule has 1 saturated carbocycles. The normalized spacial score (nSPS) is 26.5. The SMILES string of the molecule is CN(C)C(=O)[C@@H]1CCC(NC(=O)[C@H]2[C@H](c3ccnc(Cl)c3F)C3(C(=O)Nc4cc(Cl)ccc43)C3(CC(CF)(CF)C3)N2[C@H](c2ccccc2)[C@@H](O)c2ccccc2)CO1. The highest BCUT2D eigenvalue weighted by molar-refractivity contribution is 6.31. The van der Waals surface area contributed by atoms with Crippen molar-refractivity contribution in [1.82, 2.24) is 20.1 Å². The van der Waals surface area contributed by atoms with Gasteiger partial charge in [0.2, 0.25) is 11.8 Å². The number of aromatic nitrogens is 1. The molecule has 10 nitrogen and oxygen atoms in total. The molecule has 3 fully saturated rings. The molecule has 4 aliphatic rings. The van der Waals surface area contributed by atoms with Crippen LogP contribution >= 0.6 is 23.2 Å². The van der Waals surface area contributed by atoms with Crippen LogP contribution in [0.1, 0.15) is 66.0 Å². The number of ether oxygens (including phenoxy) is 1. The van der Waals surface area contributed by atoms with Gasteiger partial charge >= 0.3 is 0 Å². The Bertz CT molecular complexity index is 2240. The molecule has 3 N–H and O–H groups in total. The lowest BCUT2D eigenvalue weighted by Gasteiger charge is -2.63. The zero-order valence-electron chi connectivity index (χ0n) is 32.4. The van der Waals surface area contributed by atoms with E-state index in [4.69, 9.17) is 27.9 Å². The topological polar surface area (TPSA) is 124 Å². The number of carbonyl (C=O) groups excluding carboxylic acids is 3. The van der Waals surface area contributed by atoms with Crippen LogP contribution in [-0.2, 0) is 24.5 Å². The summed E-state index contributed by atoms with van der Waals surface area (Å²) in [5.74, 6) is -3.91. The van der Waals surface area contributed by atoms with Gasteiger partial charge in [-0.1, -0.05) is 89.9 Å². The molecule has 4 heterocycles. The van der Waals surface area contributed by atoms with Crippen molar-refractivity contribution in [1.29, 1.82) is 0 Å². The Morgan fingerprint density at radius 2 is 1.66 bits per heavy atom. The lowest BCUT2D eigenvalue weighted by atomic mass is 9.45. The smallest absolute Gasteiger partial charge is 0.251 e. The summed E-state index contributed by atoms with van der Waals surface area (Å²) < 4.78 is 53.6. The van der Waals surface area contributed by atoms with Crippen LogP contribution in [-0.4, -0.2) is 95.4 Å². The number of aliphatic hydroxyl groups is 1. The zero-order chi connectivity index (χ0) is 41.9. The van der Waals surface area contributed by atoms with E-state index in [0.717, 1.165) is 0 Å². The molecule has 7 atom stereocenters.